The second-order valence-corrected chi connectivity index (χ2v) is 5.93. The molecule has 1 amide bonds. The minimum Gasteiger partial charge on any atom is -0.481 e. The Morgan fingerprint density at radius 2 is 2.26 bits per heavy atom. The smallest absolute Gasteiger partial charge is 0.303 e. The number of amides is 1. The number of carbonyl (C=O) groups excluding carboxylic acids is 1. The summed E-state index contributed by atoms with van der Waals surface area (Å²) in [5.41, 5.74) is 1.01. The first-order chi connectivity index (χ1) is 9.09. The van der Waals surface area contributed by atoms with E-state index in [0.717, 1.165) is 36.2 Å². The predicted octanol–water partition coefficient (Wildman–Crippen LogP) is 2.92. The third-order valence-electron chi connectivity index (χ3n) is 3.64. The van der Waals surface area contributed by atoms with Crippen LogP contribution in [0.3, 0.4) is 0 Å². The largest absolute Gasteiger partial charge is 0.481 e. The van der Waals surface area contributed by atoms with Crippen LogP contribution in [-0.2, 0) is 4.79 Å². The topological polar surface area (TPSA) is 57.6 Å². The van der Waals surface area contributed by atoms with E-state index in [1.165, 1.54) is 11.3 Å². The molecule has 1 fully saturated rings. The molecule has 19 heavy (non-hydrogen) atoms. The Balaban J connectivity index is 2.08. The molecule has 1 atom stereocenters. The van der Waals surface area contributed by atoms with Gasteiger partial charge in [-0.1, -0.05) is 0 Å². The van der Waals surface area contributed by atoms with Crippen molar-refractivity contribution in [2.24, 2.45) is 0 Å². The van der Waals surface area contributed by atoms with Gasteiger partial charge in [0, 0.05) is 19.0 Å². The highest BCUT2D eigenvalue weighted by Crippen LogP contribution is 2.26. The molecule has 0 bridgehead atoms. The van der Waals surface area contributed by atoms with Crippen molar-refractivity contribution < 1.29 is 14.7 Å². The van der Waals surface area contributed by atoms with Crippen molar-refractivity contribution in [3.05, 3.63) is 21.9 Å². The van der Waals surface area contributed by atoms with E-state index >= 15 is 0 Å². The number of carbonyl (C=O) groups is 2. The van der Waals surface area contributed by atoms with E-state index < -0.39 is 5.97 Å². The molecule has 1 aromatic heterocycles. The number of likely N-dealkylation sites (tertiary alicyclic amines) is 1. The quantitative estimate of drug-likeness (QED) is 0.923. The van der Waals surface area contributed by atoms with Crippen LogP contribution in [0.2, 0.25) is 0 Å². The van der Waals surface area contributed by atoms with Crippen molar-refractivity contribution in [2.75, 3.05) is 6.54 Å². The maximum atomic E-state index is 12.5. The summed E-state index contributed by atoms with van der Waals surface area (Å²) in [5.74, 6) is -0.715. The van der Waals surface area contributed by atoms with E-state index in [0.29, 0.717) is 6.42 Å². The molecular formula is C14H19NO3S. The second kappa shape index (κ2) is 6.19. The number of piperidine rings is 1. The molecule has 1 aliphatic rings. The maximum absolute atomic E-state index is 12.5. The Morgan fingerprint density at radius 1 is 1.47 bits per heavy atom. The number of carboxylic acid groups (broad SMARTS) is 1. The third kappa shape index (κ3) is 3.35. The Morgan fingerprint density at radius 3 is 2.89 bits per heavy atom. The summed E-state index contributed by atoms with van der Waals surface area (Å²) in [6, 6.07) is 2.03. The number of hydrogen-bond donors (Lipinski definition) is 1. The number of aryl methyl sites for hydroxylation is 1. The first-order valence-corrected chi connectivity index (χ1v) is 7.54. The first kappa shape index (κ1) is 14.1. The van der Waals surface area contributed by atoms with Gasteiger partial charge >= 0.3 is 5.97 Å². The van der Waals surface area contributed by atoms with E-state index in [9.17, 15) is 9.59 Å². The molecule has 5 heteroatoms. The summed E-state index contributed by atoms with van der Waals surface area (Å²) >= 11 is 1.47. The summed E-state index contributed by atoms with van der Waals surface area (Å²) in [7, 11) is 0. The first-order valence-electron chi connectivity index (χ1n) is 6.66. The molecule has 1 N–H and O–H groups in total. The molecule has 1 aromatic rings. The van der Waals surface area contributed by atoms with Crippen molar-refractivity contribution in [3.8, 4) is 0 Å². The summed E-state index contributed by atoms with van der Waals surface area (Å²) < 4.78 is 0. The molecule has 0 saturated carbocycles. The number of carboxylic acids is 1. The van der Waals surface area contributed by atoms with E-state index in [1.54, 1.807) is 0 Å². The fourth-order valence-corrected chi connectivity index (χ4v) is 3.46. The van der Waals surface area contributed by atoms with Gasteiger partial charge in [0.05, 0.1) is 4.88 Å². The Hall–Kier alpha value is -1.36. The predicted molar refractivity (Wildman–Crippen MR) is 74.6 cm³/mol. The van der Waals surface area contributed by atoms with Gasteiger partial charge in [0.1, 0.15) is 0 Å². The molecule has 0 spiro atoms. The van der Waals surface area contributed by atoms with Crippen molar-refractivity contribution in [3.63, 3.8) is 0 Å². The molecule has 0 aliphatic carbocycles. The number of nitrogens with zero attached hydrogens (tertiary/aromatic N) is 1. The highest BCUT2D eigenvalue weighted by Gasteiger charge is 2.28. The maximum Gasteiger partial charge on any atom is 0.303 e. The molecule has 0 unspecified atom stereocenters. The van der Waals surface area contributed by atoms with Gasteiger partial charge < -0.3 is 10.0 Å². The summed E-state index contributed by atoms with van der Waals surface area (Å²) in [5, 5.41) is 10.7. The molecule has 0 aromatic carbocycles. The van der Waals surface area contributed by atoms with Gasteiger partial charge in [-0.15, -0.1) is 11.3 Å². The molecule has 4 nitrogen and oxygen atoms in total. The van der Waals surface area contributed by atoms with Crippen molar-refractivity contribution in [1.82, 2.24) is 4.90 Å². The zero-order valence-electron chi connectivity index (χ0n) is 11.1. The van der Waals surface area contributed by atoms with Crippen LogP contribution in [0.1, 0.15) is 47.3 Å². The number of aliphatic carboxylic acids is 1. The Kier molecular flexibility index (Phi) is 4.58. The van der Waals surface area contributed by atoms with Crippen LogP contribution in [0, 0.1) is 6.92 Å². The molecule has 2 rings (SSSR count). The monoisotopic (exact) mass is 281 g/mol. The van der Waals surface area contributed by atoms with Crippen LogP contribution >= 0.6 is 11.3 Å². The summed E-state index contributed by atoms with van der Waals surface area (Å²) in [6.45, 7) is 2.69. The minimum atomic E-state index is -0.787. The van der Waals surface area contributed by atoms with Gasteiger partial charge in [-0.2, -0.15) is 0 Å². The summed E-state index contributed by atoms with van der Waals surface area (Å²) in [4.78, 5) is 25.9. The minimum absolute atomic E-state index is 0.0718. The van der Waals surface area contributed by atoms with Crippen LogP contribution in [0.15, 0.2) is 11.4 Å². The average Bonchev–Trinajstić information content (AvgIpc) is 2.82. The summed E-state index contributed by atoms with van der Waals surface area (Å²) in [6.07, 6.45) is 3.71. The van der Waals surface area contributed by atoms with Crippen molar-refractivity contribution in [1.29, 1.82) is 0 Å². The number of rotatable bonds is 4. The lowest BCUT2D eigenvalue weighted by molar-refractivity contribution is -0.137. The highest BCUT2D eigenvalue weighted by atomic mass is 32.1. The van der Waals surface area contributed by atoms with Crippen molar-refractivity contribution >= 4 is 23.2 Å². The van der Waals surface area contributed by atoms with Crippen LogP contribution in [0.5, 0.6) is 0 Å². The molecule has 1 saturated heterocycles. The number of thiophene rings is 1. The van der Waals surface area contributed by atoms with Gasteiger partial charge in [0.25, 0.3) is 5.91 Å². The van der Waals surface area contributed by atoms with Crippen LogP contribution in [-0.4, -0.2) is 34.5 Å². The SMILES string of the molecule is Cc1ccsc1C(=O)N1CCCC[C@H]1CCC(=O)O. The Labute approximate surface area is 117 Å². The van der Waals surface area contributed by atoms with Crippen LogP contribution in [0.4, 0.5) is 0 Å². The fourth-order valence-electron chi connectivity index (χ4n) is 2.58. The normalized spacial score (nSPS) is 19.4. The molecular weight excluding hydrogens is 262 g/mol. The zero-order chi connectivity index (χ0) is 13.8. The van der Waals surface area contributed by atoms with Crippen LogP contribution in [0.25, 0.3) is 0 Å². The van der Waals surface area contributed by atoms with E-state index in [-0.39, 0.29) is 18.4 Å². The zero-order valence-corrected chi connectivity index (χ0v) is 11.9. The molecule has 104 valence electrons. The average molecular weight is 281 g/mol. The van der Waals surface area contributed by atoms with E-state index in [1.807, 2.05) is 23.3 Å². The van der Waals surface area contributed by atoms with Gasteiger partial charge in [-0.05, 0) is 49.6 Å². The second-order valence-electron chi connectivity index (χ2n) is 5.01. The fraction of sp³-hybridized carbons (Fsp3) is 0.571. The van der Waals surface area contributed by atoms with E-state index in [4.69, 9.17) is 5.11 Å². The lowest BCUT2D eigenvalue weighted by Crippen LogP contribution is -2.43. The Bertz CT molecular complexity index is 469. The molecule has 2 heterocycles. The lowest BCUT2D eigenvalue weighted by atomic mass is 9.97. The lowest BCUT2D eigenvalue weighted by Gasteiger charge is -2.35. The van der Waals surface area contributed by atoms with Crippen molar-refractivity contribution in [2.45, 2.75) is 45.1 Å². The number of hydrogen-bond acceptors (Lipinski definition) is 3. The van der Waals surface area contributed by atoms with Gasteiger partial charge in [-0.25, -0.2) is 0 Å². The highest BCUT2D eigenvalue weighted by molar-refractivity contribution is 7.12. The van der Waals surface area contributed by atoms with Gasteiger partial charge in [0.15, 0.2) is 0 Å². The standard InChI is InChI=1S/C14H19NO3S/c1-10-7-9-19-13(10)14(18)15-8-3-2-4-11(15)5-6-12(16)17/h7,9,11H,2-6,8H2,1H3,(H,16,17)/t11-/m0/s1. The van der Waals surface area contributed by atoms with Gasteiger partial charge in [-0.3, -0.25) is 9.59 Å². The third-order valence-corrected chi connectivity index (χ3v) is 4.64. The van der Waals surface area contributed by atoms with E-state index in [2.05, 4.69) is 0 Å². The van der Waals surface area contributed by atoms with Gasteiger partial charge in [0.2, 0.25) is 0 Å². The van der Waals surface area contributed by atoms with Crippen LogP contribution < -0.4 is 0 Å². The molecule has 1 aliphatic heterocycles. The molecule has 0 radical (unpaired) electrons.